The van der Waals surface area contributed by atoms with Gasteiger partial charge in [0.05, 0.1) is 0 Å². The van der Waals surface area contributed by atoms with Gasteiger partial charge in [-0.3, -0.25) is 9.59 Å². The summed E-state index contributed by atoms with van der Waals surface area (Å²) in [7, 11) is 0. The van der Waals surface area contributed by atoms with Crippen LogP contribution in [0.15, 0.2) is 66.7 Å². The van der Waals surface area contributed by atoms with E-state index >= 15 is 0 Å². The second-order valence-electron chi connectivity index (χ2n) is 7.03. The smallest absolute Gasteiger partial charge is 0.274 e. The molecule has 0 spiro atoms. The average molecular weight is 387 g/mol. The summed E-state index contributed by atoms with van der Waals surface area (Å²) < 4.78 is 0. The van der Waals surface area contributed by atoms with E-state index < -0.39 is 0 Å². The minimum atomic E-state index is -0.337. The van der Waals surface area contributed by atoms with E-state index in [0.717, 1.165) is 29.7 Å². The van der Waals surface area contributed by atoms with Crippen molar-refractivity contribution in [1.29, 1.82) is 0 Å². The van der Waals surface area contributed by atoms with E-state index in [1.165, 1.54) is 5.56 Å². The second-order valence-corrected chi connectivity index (χ2v) is 7.03. The summed E-state index contributed by atoms with van der Waals surface area (Å²) in [5.74, 6) is -0.616. The number of aromatic nitrogens is 1. The molecule has 2 aromatic carbocycles. The Morgan fingerprint density at radius 2 is 1.59 bits per heavy atom. The molecule has 0 fully saturated rings. The number of anilines is 1. The Bertz CT molecular complexity index is 1000. The van der Waals surface area contributed by atoms with Gasteiger partial charge in [-0.25, -0.2) is 4.98 Å². The Labute approximate surface area is 171 Å². The summed E-state index contributed by atoms with van der Waals surface area (Å²) in [4.78, 5) is 29.1. The van der Waals surface area contributed by atoms with E-state index in [-0.39, 0.29) is 23.2 Å². The van der Waals surface area contributed by atoms with Crippen molar-refractivity contribution < 1.29 is 9.59 Å². The van der Waals surface area contributed by atoms with Crippen molar-refractivity contribution in [1.82, 2.24) is 10.3 Å². The molecule has 0 radical (unpaired) electrons. The van der Waals surface area contributed by atoms with Crippen LogP contribution in [0.2, 0.25) is 0 Å². The van der Waals surface area contributed by atoms with E-state index in [1.807, 2.05) is 50.2 Å². The summed E-state index contributed by atoms with van der Waals surface area (Å²) in [6.07, 6.45) is 1.73. The fraction of sp³-hybridized carbons (Fsp3) is 0.208. The number of nitrogens with zero attached hydrogens (tertiary/aromatic N) is 1. The monoisotopic (exact) mass is 387 g/mol. The predicted octanol–water partition coefficient (Wildman–Crippen LogP) is 4.31. The van der Waals surface area contributed by atoms with E-state index in [9.17, 15) is 9.59 Å². The normalized spacial score (nSPS) is 10.4. The van der Waals surface area contributed by atoms with E-state index in [0.29, 0.717) is 6.54 Å². The third-order valence-electron chi connectivity index (χ3n) is 4.62. The van der Waals surface area contributed by atoms with Gasteiger partial charge in [-0.15, -0.1) is 0 Å². The number of aryl methyl sites for hydroxylation is 3. The van der Waals surface area contributed by atoms with Crippen molar-refractivity contribution in [3.8, 4) is 0 Å². The zero-order valence-corrected chi connectivity index (χ0v) is 16.7. The largest absolute Gasteiger partial charge is 0.351 e. The summed E-state index contributed by atoms with van der Waals surface area (Å²) >= 11 is 0. The number of pyridine rings is 1. The number of carbonyl (C=O) groups excluding carboxylic acids is 2. The Morgan fingerprint density at radius 1 is 0.862 bits per heavy atom. The molecule has 0 saturated heterocycles. The van der Waals surface area contributed by atoms with Crippen LogP contribution in [0.1, 0.15) is 44.1 Å². The van der Waals surface area contributed by atoms with Gasteiger partial charge >= 0.3 is 0 Å². The zero-order valence-electron chi connectivity index (χ0n) is 16.7. The molecule has 2 amide bonds. The number of rotatable bonds is 7. The maximum atomic E-state index is 12.5. The molecular weight excluding hydrogens is 362 g/mol. The zero-order chi connectivity index (χ0) is 20.6. The van der Waals surface area contributed by atoms with Crippen molar-refractivity contribution in [3.63, 3.8) is 0 Å². The van der Waals surface area contributed by atoms with Crippen LogP contribution in [0.25, 0.3) is 0 Å². The van der Waals surface area contributed by atoms with Crippen LogP contribution in [0, 0.1) is 13.8 Å². The number of amides is 2. The van der Waals surface area contributed by atoms with E-state index in [1.54, 1.807) is 18.2 Å². The fourth-order valence-corrected chi connectivity index (χ4v) is 3.06. The Kier molecular flexibility index (Phi) is 6.74. The first-order valence-electron chi connectivity index (χ1n) is 9.71. The standard InChI is InChI=1S/C24H25N3O2/c1-17-13-14-20(18(2)16-17)27-24(29)22-12-6-11-21(26-22)23(28)25-15-7-10-19-8-4-3-5-9-19/h3-6,8-9,11-14,16H,7,10,15H2,1-2H3,(H,25,28)(H,27,29). The van der Waals surface area contributed by atoms with Gasteiger partial charge in [0.1, 0.15) is 11.4 Å². The molecule has 0 aliphatic rings. The van der Waals surface area contributed by atoms with Crippen molar-refractivity contribution in [2.45, 2.75) is 26.7 Å². The van der Waals surface area contributed by atoms with Gasteiger partial charge in [-0.1, -0.05) is 54.1 Å². The summed E-state index contributed by atoms with van der Waals surface area (Å²) in [5, 5.41) is 5.72. The second kappa shape index (κ2) is 9.64. The van der Waals surface area contributed by atoms with E-state index in [4.69, 9.17) is 0 Å². The number of nitrogens with one attached hydrogen (secondary N) is 2. The Balaban J connectivity index is 1.56. The van der Waals surface area contributed by atoms with Crippen LogP contribution in [0.5, 0.6) is 0 Å². The molecule has 29 heavy (non-hydrogen) atoms. The first kappa shape index (κ1) is 20.3. The molecule has 5 heteroatoms. The maximum absolute atomic E-state index is 12.5. The Hall–Kier alpha value is -3.47. The molecule has 0 unspecified atom stereocenters. The van der Waals surface area contributed by atoms with Crippen molar-refractivity contribution in [3.05, 3.63) is 94.8 Å². The lowest BCUT2D eigenvalue weighted by Gasteiger charge is -2.10. The van der Waals surface area contributed by atoms with Crippen molar-refractivity contribution in [2.75, 3.05) is 11.9 Å². The quantitative estimate of drug-likeness (QED) is 0.593. The van der Waals surface area contributed by atoms with Gasteiger partial charge < -0.3 is 10.6 Å². The molecule has 0 aliphatic heterocycles. The third kappa shape index (κ3) is 5.75. The molecule has 148 valence electrons. The molecule has 0 aliphatic carbocycles. The first-order valence-corrected chi connectivity index (χ1v) is 9.71. The van der Waals surface area contributed by atoms with Crippen LogP contribution in [0.3, 0.4) is 0 Å². The summed E-state index contributed by atoms with van der Waals surface area (Å²) in [6.45, 7) is 4.49. The highest BCUT2D eigenvalue weighted by atomic mass is 16.2. The van der Waals surface area contributed by atoms with Gasteiger partial charge in [0, 0.05) is 12.2 Å². The number of hydrogen-bond donors (Lipinski definition) is 2. The SMILES string of the molecule is Cc1ccc(NC(=O)c2cccc(C(=O)NCCCc3ccccc3)n2)c(C)c1. The average Bonchev–Trinajstić information content (AvgIpc) is 2.74. The molecule has 3 aromatic rings. The number of carbonyl (C=O) groups is 2. The number of hydrogen-bond acceptors (Lipinski definition) is 3. The minimum absolute atomic E-state index is 0.210. The van der Waals surface area contributed by atoms with E-state index in [2.05, 4.69) is 27.8 Å². The number of benzene rings is 2. The van der Waals surface area contributed by atoms with Crippen molar-refractivity contribution in [2.24, 2.45) is 0 Å². The minimum Gasteiger partial charge on any atom is -0.351 e. The molecule has 1 heterocycles. The maximum Gasteiger partial charge on any atom is 0.274 e. The molecule has 0 saturated carbocycles. The highest BCUT2D eigenvalue weighted by molar-refractivity contribution is 6.04. The highest BCUT2D eigenvalue weighted by Gasteiger charge is 2.13. The van der Waals surface area contributed by atoms with Gasteiger partial charge in [0.15, 0.2) is 0 Å². The Morgan fingerprint density at radius 3 is 2.31 bits per heavy atom. The molecule has 0 atom stereocenters. The van der Waals surface area contributed by atoms with Gasteiger partial charge in [-0.05, 0) is 56.0 Å². The van der Waals surface area contributed by atoms with Crippen LogP contribution in [0.4, 0.5) is 5.69 Å². The molecule has 2 N–H and O–H groups in total. The van der Waals surface area contributed by atoms with Gasteiger partial charge in [0.25, 0.3) is 11.8 Å². The highest BCUT2D eigenvalue weighted by Crippen LogP contribution is 2.17. The molecule has 1 aromatic heterocycles. The lowest BCUT2D eigenvalue weighted by molar-refractivity contribution is 0.0948. The lowest BCUT2D eigenvalue weighted by atomic mass is 10.1. The molecule has 3 rings (SSSR count). The molecule has 0 bridgehead atoms. The fourth-order valence-electron chi connectivity index (χ4n) is 3.06. The predicted molar refractivity (Wildman–Crippen MR) is 115 cm³/mol. The third-order valence-corrected chi connectivity index (χ3v) is 4.62. The lowest BCUT2D eigenvalue weighted by Crippen LogP contribution is -2.26. The van der Waals surface area contributed by atoms with Crippen LogP contribution in [-0.2, 0) is 6.42 Å². The van der Waals surface area contributed by atoms with Gasteiger partial charge in [-0.2, -0.15) is 0 Å². The molecule has 5 nitrogen and oxygen atoms in total. The van der Waals surface area contributed by atoms with Gasteiger partial charge in [0.2, 0.25) is 0 Å². The topological polar surface area (TPSA) is 71.1 Å². The molecular formula is C24H25N3O2. The summed E-state index contributed by atoms with van der Waals surface area (Å²) in [6, 6.07) is 20.8. The van der Waals surface area contributed by atoms with Crippen LogP contribution in [-0.4, -0.2) is 23.3 Å². The first-order chi connectivity index (χ1) is 14.0. The van der Waals surface area contributed by atoms with Crippen LogP contribution < -0.4 is 10.6 Å². The summed E-state index contributed by atoms with van der Waals surface area (Å²) in [5.41, 5.74) is 4.53. The van der Waals surface area contributed by atoms with Crippen LogP contribution >= 0.6 is 0 Å². The van der Waals surface area contributed by atoms with Crippen molar-refractivity contribution >= 4 is 17.5 Å².